The first-order valence-corrected chi connectivity index (χ1v) is 7.35. The minimum Gasteiger partial charge on any atom is -0.478 e. The molecular formula is C16H22N2O3. The molecule has 114 valence electrons. The van der Waals surface area contributed by atoms with Crippen LogP contribution in [0.15, 0.2) is 18.2 Å². The van der Waals surface area contributed by atoms with E-state index in [4.69, 9.17) is 0 Å². The largest absolute Gasteiger partial charge is 0.478 e. The molecule has 1 saturated heterocycles. The van der Waals surface area contributed by atoms with Crippen LogP contribution in [0.1, 0.15) is 42.1 Å². The fraction of sp³-hybridized carbons (Fsp3) is 0.500. The zero-order valence-corrected chi connectivity index (χ0v) is 12.5. The summed E-state index contributed by atoms with van der Waals surface area (Å²) < 4.78 is 0. The van der Waals surface area contributed by atoms with E-state index < -0.39 is 11.4 Å². The minimum atomic E-state index is -1.02. The molecule has 1 aliphatic rings. The minimum absolute atomic E-state index is 0.0923. The highest BCUT2D eigenvalue weighted by Crippen LogP contribution is 2.32. The third kappa shape index (κ3) is 3.08. The van der Waals surface area contributed by atoms with Gasteiger partial charge in [0.1, 0.15) is 0 Å². The van der Waals surface area contributed by atoms with Crippen molar-refractivity contribution in [2.75, 3.05) is 18.4 Å². The van der Waals surface area contributed by atoms with Crippen molar-refractivity contribution in [1.29, 1.82) is 0 Å². The van der Waals surface area contributed by atoms with E-state index in [1.54, 1.807) is 25.1 Å². The smallest absolute Gasteiger partial charge is 0.338 e. The molecule has 0 radical (unpaired) electrons. The van der Waals surface area contributed by atoms with Crippen LogP contribution in [0.4, 0.5) is 5.69 Å². The van der Waals surface area contributed by atoms with Gasteiger partial charge in [0, 0.05) is 6.54 Å². The van der Waals surface area contributed by atoms with E-state index in [2.05, 4.69) is 10.6 Å². The van der Waals surface area contributed by atoms with Crippen LogP contribution in [0.25, 0.3) is 0 Å². The van der Waals surface area contributed by atoms with Crippen molar-refractivity contribution in [2.24, 2.45) is 5.41 Å². The molecule has 1 aromatic carbocycles. The van der Waals surface area contributed by atoms with Gasteiger partial charge in [0.2, 0.25) is 5.91 Å². The van der Waals surface area contributed by atoms with Gasteiger partial charge in [-0.1, -0.05) is 19.1 Å². The van der Waals surface area contributed by atoms with Crippen molar-refractivity contribution in [3.8, 4) is 0 Å². The maximum absolute atomic E-state index is 12.7. The number of carbonyl (C=O) groups is 2. The number of carboxylic acids is 1. The number of anilines is 1. The van der Waals surface area contributed by atoms with Crippen LogP contribution in [0.5, 0.6) is 0 Å². The lowest BCUT2D eigenvalue weighted by Crippen LogP contribution is -2.47. The Labute approximate surface area is 124 Å². The van der Waals surface area contributed by atoms with E-state index in [1.165, 1.54) is 0 Å². The molecule has 0 saturated carbocycles. The molecule has 3 N–H and O–H groups in total. The Hall–Kier alpha value is -1.88. The number of hydrogen-bond donors (Lipinski definition) is 3. The van der Waals surface area contributed by atoms with Gasteiger partial charge < -0.3 is 15.7 Å². The van der Waals surface area contributed by atoms with Gasteiger partial charge in [0.15, 0.2) is 0 Å². The Kier molecular flexibility index (Phi) is 4.63. The maximum atomic E-state index is 12.7. The Morgan fingerprint density at radius 3 is 2.76 bits per heavy atom. The molecule has 1 aliphatic heterocycles. The molecule has 0 bridgehead atoms. The summed E-state index contributed by atoms with van der Waals surface area (Å²) in [4.78, 5) is 24.0. The third-order valence-corrected chi connectivity index (χ3v) is 4.37. The average molecular weight is 290 g/mol. The molecule has 0 spiro atoms. The second kappa shape index (κ2) is 6.26. The second-order valence-corrected chi connectivity index (χ2v) is 5.67. The normalized spacial score (nSPS) is 21.8. The second-order valence-electron chi connectivity index (χ2n) is 5.67. The first-order chi connectivity index (χ1) is 10.00. The lowest BCUT2D eigenvalue weighted by atomic mass is 9.77. The van der Waals surface area contributed by atoms with Crippen molar-refractivity contribution in [1.82, 2.24) is 5.32 Å². The predicted octanol–water partition coefficient (Wildman–Crippen LogP) is 2.41. The molecule has 0 aromatic heterocycles. The molecule has 1 aromatic rings. The zero-order valence-electron chi connectivity index (χ0n) is 12.5. The number of rotatable bonds is 4. The quantitative estimate of drug-likeness (QED) is 0.795. The molecule has 1 atom stereocenters. The summed E-state index contributed by atoms with van der Waals surface area (Å²) in [6.45, 7) is 5.31. The third-order valence-electron chi connectivity index (χ3n) is 4.37. The Balaban J connectivity index is 2.27. The topological polar surface area (TPSA) is 78.4 Å². The van der Waals surface area contributed by atoms with Crippen LogP contribution >= 0.6 is 0 Å². The summed E-state index contributed by atoms with van der Waals surface area (Å²) in [5, 5.41) is 15.4. The standard InChI is InChI=1S/C16H22N2O3/c1-3-16(8-5-9-17-10-16)15(21)18-12-7-4-6-11(2)13(12)14(19)20/h4,6-7,17H,3,5,8-10H2,1-2H3,(H,18,21)(H,19,20). The number of aryl methyl sites for hydroxylation is 1. The van der Waals surface area contributed by atoms with Gasteiger partial charge in [-0.05, 0) is 44.4 Å². The summed E-state index contributed by atoms with van der Waals surface area (Å²) in [7, 11) is 0. The lowest BCUT2D eigenvalue weighted by molar-refractivity contribution is -0.126. The van der Waals surface area contributed by atoms with E-state index >= 15 is 0 Å². The number of amides is 1. The van der Waals surface area contributed by atoms with Crippen molar-refractivity contribution in [2.45, 2.75) is 33.1 Å². The highest BCUT2D eigenvalue weighted by atomic mass is 16.4. The summed E-state index contributed by atoms with van der Waals surface area (Å²) >= 11 is 0. The van der Waals surface area contributed by atoms with Gasteiger partial charge in [-0.15, -0.1) is 0 Å². The molecule has 0 aliphatic carbocycles. The molecule has 5 heteroatoms. The van der Waals surface area contributed by atoms with Gasteiger partial charge in [0.25, 0.3) is 0 Å². The fourth-order valence-electron chi connectivity index (χ4n) is 2.93. The van der Waals surface area contributed by atoms with E-state index in [0.717, 1.165) is 25.8 Å². The predicted molar refractivity (Wildman–Crippen MR) is 81.6 cm³/mol. The van der Waals surface area contributed by atoms with Crippen LogP contribution in [-0.2, 0) is 4.79 Å². The monoisotopic (exact) mass is 290 g/mol. The number of piperidine rings is 1. The van der Waals surface area contributed by atoms with Gasteiger partial charge in [-0.3, -0.25) is 4.79 Å². The molecule has 21 heavy (non-hydrogen) atoms. The van der Waals surface area contributed by atoms with Crippen LogP contribution in [0.2, 0.25) is 0 Å². The summed E-state index contributed by atoms with van der Waals surface area (Å²) in [5.74, 6) is -1.11. The first-order valence-electron chi connectivity index (χ1n) is 7.35. The summed E-state index contributed by atoms with van der Waals surface area (Å²) in [6.07, 6.45) is 2.53. The van der Waals surface area contributed by atoms with Crippen LogP contribution < -0.4 is 10.6 Å². The molecule has 2 rings (SSSR count). The Bertz CT molecular complexity index is 548. The molecule has 1 heterocycles. The number of nitrogens with one attached hydrogen (secondary N) is 2. The van der Waals surface area contributed by atoms with E-state index in [-0.39, 0.29) is 11.5 Å². The average Bonchev–Trinajstić information content (AvgIpc) is 2.47. The number of benzene rings is 1. The van der Waals surface area contributed by atoms with E-state index in [9.17, 15) is 14.7 Å². The first kappa shape index (κ1) is 15.5. The molecular weight excluding hydrogens is 268 g/mol. The van der Waals surface area contributed by atoms with Crippen molar-refractivity contribution in [3.05, 3.63) is 29.3 Å². The van der Waals surface area contributed by atoms with Gasteiger partial charge >= 0.3 is 5.97 Å². The Morgan fingerprint density at radius 1 is 1.43 bits per heavy atom. The zero-order chi connectivity index (χ0) is 15.5. The molecule has 5 nitrogen and oxygen atoms in total. The highest BCUT2D eigenvalue weighted by Gasteiger charge is 2.38. The Morgan fingerprint density at radius 2 is 2.19 bits per heavy atom. The molecule has 1 unspecified atom stereocenters. The van der Waals surface area contributed by atoms with Crippen LogP contribution in [-0.4, -0.2) is 30.1 Å². The van der Waals surface area contributed by atoms with Gasteiger partial charge in [0.05, 0.1) is 16.7 Å². The number of aromatic carboxylic acids is 1. The number of hydrogen-bond acceptors (Lipinski definition) is 3. The highest BCUT2D eigenvalue weighted by molar-refractivity contribution is 6.03. The van der Waals surface area contributed by atoms with Crippen molar-refractivity contribution < 1.29 is 14.7 Å². The molecule has 1 fully saturated rings. The maximum Gasteiger partial charge on any atom is 0.338 e. The number of carboxylic acid groups (broad SMARTS) is 1. The fourth-order valence-corrected chi connectivity index (χ4v) is 2.93. The summed E-state index contributed by atoms with van der Waals surface area (Å²) in [5.41, 5.74) is 0.747. The summed E-state index contributed by atoms with van der Waals surface area (Å²) in [6, 6.07) is 5.14. The van der Waals surface area contributed by atoms with E-state index in [1.807, 2.05) is 6.92 Å². The van der Waals surface area contributed by atoms with Crippen molar-refractivity contribution >= 4 is 17.6 Å². The van der Waals surface area contributed by atoms with Gasteiger partial charge in [-0.2, -0.15) is 0 Å². The van der Waals surface area contributed by atoms with Gasteiger partial charge in [-0.25, -0.2) is 4.79 Å². The lowest BCUT2D eigenvalue weighted by Gasteiger charge is -2.35. The number of carbonyl (C=O) groups excluding carboxylic acids is 1. The SMILES string of the molecule is CCC1(C(=O)Nc2cccc(C)c2C(=O)O)CCCNC1. The van der Waals surface area contributed by atoms with E-state index in [0.29, 0.717) is 17.8 Å². The van der Waals surface area contributed by atoms with Crippen molar-refractivity contribution in [3.63, 3.8) is 0 Å². The van der Waals surface area contributed by atoms with Crippen LogP contribution in [0, 0.1) is 12.3 Å². The molecule has 1 amide bonds. The van der Waals surface area contributed by atoms with Crippen LogP contribution in [0.3, 0.4) is 0 Å².